The van der Waals surface area contributed by atoms with E-state index in [1.165, 1.54) is 0 Å². The lowest BCUT2D eigenvalue weighted by atomic mass is 10.0. The minimum absolute atomic E-state index is 0.0165. The van der Waals surface area contributed by atoms with Crippen molar-refractivity contribution in [2.75, 3.05) is 13.2 Å². The lowest BCUT2D eigenvalue weighted by Crippen LogP contribution is -2.49. The number of ether oxygens (including phenoxy) is 1. The van der Waals surface area contributed by atoms with Crippen molar-refractivity contribution in [2.45, 2.75) is 53.0 Å². The number of hydrogen-bond acceptors (Lipinski definition) is 3. The molecule has 0 spiro atoms. The second-order valence-electron chi connectivity index (χ2n) is 6.15. The maximum Gasteiger partial charge on any atom is 0.251 e. The van der Waals surface area contributed by atoms with Crippen LogP contribution in [0.4, 0.5) is 0 Å². The van der Waals surface area contributed by atoms with Crippen LogP contribution in [0.1, 0.15) is 57.3 Å². The largest absolute Gasteiger partial charge is 0.494 e. The molecule has 2 N–H and O–H groups in total. The average molecular weight is 334 g/mol. The van der Waals surface area contributed by atoms with Crippen molar-refractivity contribution in [1.82, 2.24) is 10.6 Å². The van der Waals surface area contributed by atoms with Gasteiger partial charge in [-0.15, -0.1) is 0 Å². The predicted octanol–water partition coefficient (Wildman–Crippen LogP) is 3.15. The molecule has 1 aromatic rings. The Bertz CT molecular complexity index is 512. The number of amides is 2. The lowest BCUT2D eigenvalue weighted by molar-refractivity contribution is -0.123. The van der Waals surface area contributed by atoms with E-state index in [2.05, 4.69) is 17.6 Å². The monoisotopic (exact) mass is 334 g/mol. The first-order valence-electron chi connectivity index (χ1n) is 8.81. The molecule has 5 nitrogen and oxygen atoms in total. The normalized spacial score (nSPS) is 11.9. The van der Waals surface area contributed by atoms with E-state index in [1.54, 1.807) is 24.3 Å². The molecule has 0 aliphatic carbocycles. The van der Waals surface area contributed by atoms with E-state index in [1.807, 2.05) is 20.8 Å². The number of carbonyl (C=O) groups excluding carboxylic acids is 2. The van der Waals surface area contributed by atoms with Crippen molar-refractivity contribution < 1.29 is 14.3 Å². The summed E-state index contributed by atoms with van der Waals surface area (Å²) in [5, 5.41) is 5.74. The summed E-state index contributed by atoms with van der Waals surface area (Å²) in [7, 11) is 0. The maximum atomic E-state index is 12.4. The lowest BCUT2D eigenvalue weighted by Gasteiger charge is -2.22. The summed E-state index contributed by atoms with van der Waals surface area (Å²) in [5.74, 6) is 0.367. The van der Waals surface area contributed by atoms with Crippen LogP contribution in [0.5, 0.6) is 5.75 Å². The fourth-order valence-electron chi connectivity index (χ4n) is 2.33. The molecule has 24 heavy (non-hydrogen) atoms. The minimum Gasteiger partial charge on any atom is -0.494 e. The van der Waals surface area contributed by atoms with Crippen LogP contribution in [0.25, 0.3) is 0 Å². The molecule has 134 valence electrons. The second kappa shape index (κ2) is 10.7. The van der Waals surface area contributed by atoms with Gasteiger partial charge in [0.2, 0.25) is 5.91 Å². The smallest absolute Gasteiger partial charge is 0.251 e. The summed E-state index contributed by atoms with van der Waals surface area (Å²) in [6.45, 7) is 9.11. The van der Waals surface area contributed by atoms with Crippen LogP contribution >= 0.6 is 0 Å². The molecule has 0 fully saturated rings. The van der Waals surface area contributed by atoms with Gasteiger partial charge in [0.05, 0.1) is 6.61 Å². The van der Waals surface area contributed by atoms with E-state index in [4.69, 9.17) is 4.74 Å². The summed E-state index contributed by atoms with van der Waals surface area (Å²) in [5.41, 5.74) is 0.517. The number of nitrogens with one attached hydrogen (secondary N) is 2. The van der Waals surface area contributed by atoms with Crippen molar-refractivity contribution in [2.24, 2.45) is 5.92 Å². The standard InChI is InChI=1S/C19H30N2O3/c1-5-7-8-13-20-19(23)17(14(3)4)21-18(22)15-9-11-16(12-10-15)24-6-2/h9-12,14,17H,5-8,13H2,1-4H3,(H,20,23)(H,21,22)/t17-/m0/s1. The van der Waals surface area contributed by atoms with E-state index in [0.29, 0.717) is 18.7 Å². The van der Waals surface area contributed by atoms with Gasteiger partial charge in [-0.1, -0.05) is 33.6 Å². The molecule has 0 aromatic heterocycles. The van der Waals surface area contributed by atoms with E-state index in [0.717, 1.165) is 25.0 Å². The van der Waals surface area contributed by atoms with Crippen molar-refractivity contribution in [1.29, 1.82) is 0 Å². The molecule has 0 unspecified atom stereocenters. The number of carbonyl (C=O) groups is 2. The SMILES string of the molecule is CCCCCNC(=O)[C@@H](NC(=O)c1ccc(OCC)cc1)C(C)C. The average Bonchev–Trinajstić information content (AvgIpc) is 2.57. The van der Waals surface area contributed by atoms with Gasteiger partial charge < -0.3 is 15.4 Å². The van der Waals surface area contributed by atoms with Gasteiger partial charge in [-0.05, 0) is 43.5 Å². The Hall–Kier alpha value is -2.04. The molecule has 0 saturated carbocycles. The van der Waals surface area contributed by atoms with Gasteiger partial charge in [0.25, 0.3) is 5.91 Å². The van der Waals surface area contributed by atoms with E-state index in [9.17, 15) is 9.59 Å². The Morgan fingerprint density at radius 3 is 2.29 bits per heavy atom. The summed E-state index contributed by atoms with van der Waals surface area (Å²) in [6, 6.07) is 6.39. The third-order valence-corrected chi connectivity index (χ3v) is 3.74. The number of benzene rings is 1. The number of unbranched alkanes of at least 4 members (excludes halogenated alkanes) is 2. The zero-order chi connectivity index (χ0) is 17.9. The van der Waals surface area contributed by atoms with E-state index >= 15 is 0 Å². The first-order valence-corrected chi connectivity index (χ1v) is 8.81. The van der Waals surface area contributed by atoms with Crippen LogP contribution in [0.2, 0.25) is 0 Å². The molecule has 0 aliphatic rings. The summed E-state index contributed by atoms with van der Waals surface area (Å²) >= 11 is 0. The molecule has 1 rings (SSSR count). The molecular formula is C19H30N2O3. The molecule has 1 aromatic carbocycles. The molecule has 0 radical (unpaired) electrons. The molecule has 0 heterocycles. The summed E-state index contributed by atoms with van der Waals surface area (Å²) < 4.78 is 5.37. The Balaban J connectivity index is 2.63. The highest BCUT2D eigenvalue weighted by molar-refractivity contribution is 5.97. The topological polar surface area (TPSA) is 67.4 Å². The van der Waals surface area contributed by atoms with Gasteiger partial charge in [-0.2, -0.15) is 0 Å². The third-order valence-electron chi connectivity index (χ3n) is 3.74. The van der Waals surface area contributed by atoms with Crippen LogP contribution < -0.4 is 15.4 Å². The maximum absolute atomic E-state index is 12.4. The molecule has 0 bridgehead atoms. The summed E-state index contributed by atoms with van der Waals surface area (Å²) in [6.07, 6.45) is 3.16. The third kappa shape index (κ3) is 6.60. The van der Waals surface area contributed by atoms with Gasteiger partial charge in [-0.25, -0.2) is 0 Å². The van der Waals surface area contributed by atoms with Crippen molar-refractivity contribution in [3.05, 3.63) is 29.8 Å². The van der Waals surface area contributed by atoms with E-state index in [-0.39, 0.29) is 17.7 Å². The van der Waals surface area contributed by atoms with Crippen molar-refractivity contribution in [3.63, 3.8) is 0 Å². The van der Waals surface area contributed by atoms with Crippen LogP contribution in [0.3, 0.4) is 0 Å². The molecular weight excluding hydrogens is 304 g/mol. The fourth-order valence-corrected chi connectivity index (χ4v) is 2.33. The highest BCUT2D eigenvalue weighted by Crippen LogP contribution is 2.13. The zero-order valence-electron chi connectivity index (χ0n) is 15.2. The molecule has 1 atom stereocenters. The van der Waals surface area contributed by atoms with Gasteiger partial charge in [0.1, 0.15) is 11.8 Å². The van der Waals surface area contributed by atoms with Crippen LogP contribution in [0, 0.1) is 5.92 Å². The zero-order valence-corrected chi connectivity index (χ0v) is 15.2. The Morgan fingerprint density at radius 2 is 1.75 bits per heavy atom. The van der Waals surface area contributed by atoms with Crippen molar-refractivity contribution in [3.8, 4) is 5.75 Å². The van der Waals surface area contributed by atoms with E-state index < -0.39 is 6.04 Å². The van der Waals surface area contributed by atoms with Crippen LogP contribution in [-0.4, -0.2) is 31.0 Å². The first-order chi connectivity index (χ1) is 11.5. The molecule has 0 saturated heterocycles. The number of hydrogen-bond donors (Lipinski definition) is 2. The van der Waals surface area contributed by atoms with Crippen molar-refractivity contribution >= 4 is 11.8 Å². The van der Waals surface area contributed by atoms with Gasteiger partial charge in [-0.3, -0.25) is 9.59 Å². The summed E-state index contributed by atoms with van der Waals surface area (Å²) in [4.78, 5) is 24.7. The molecule has 5 heteroatoms. The van der Waals surface area contributed by atoms with Gasteiger partial charge in [0.15, 0.2) is 0 Å². The quantitative estimate of drug-likeness (QED) is 0.646. The van der Waals surface area contributed by atoms with Gasteiger partial charge >= 0.3 is 0 Å². The highest BCUT2D eigenvalue weighted by Gasteiger charge is 2.24. The van der Waals surface area contributed by atoms with Gasteiger partial charge in [0, 0.05) is 12.1 Å². The second-order valence-corrected chi connectivity index (χ2v) is 6.15. The minimum atomic E-state index is -0.536. The Morgan fingerprint density at radius 1 is 1.08 bits per heavy atom. The molecule has 0 aliphatic heterocycles. The first kappa shape index (κ1) is 20.0. The fraction of sp³-hybridized carbons (Fsp3) is 0.579. The highest BCUT2D eigenvalue weighted by atomic mass is 16.5. The Kier molecular flexibility index (Phi) is 8.90. The number of rotatable bonds is 10. The van der Waals surface area contributed by atoms with Crippen LogP contribution in [-0.2, 0) is 4.79 Å². The predicted molar refractivity (Wildman–Crippen MR) is 96.2 cm³/mol. The van der Waals surface area contributed by atoms with Crippen LogP contribution in [0.15, 0.2) is 24.3 Å². The molecule has 2 amide bonds. The Labute approximate surface area is 145 Å².